The van der Waals surface area contributed by atoms with Gasteiger partial charge in [0.1, 0.15) is 0 Å². The Labute approximate surface area is 184 Å². The molecule has 5 rings (SSSR count). The van der Waals surface area contributed by atoms with Gasteiger partial charge in [0.25, 0.3) is 0 Å². The molecule has 160 valence electrons. The summed E-state index contributed by atoms with van der Waals surface area (Å²) in [4.78, 5) is 34.6. The summed E-state index contributed by atoms with van der Waals surface area (Å²) in [6.45, 7) is 2.00. The van der Waals surface area contributed by atoms with E-state index in [1.54, 1.807) is 28.7 Å². The predicted octanol–water partition coefficient (Wildman–Crippen LogP) is 3.69. The first-order chi connectivity index (χ1) is 15.6. The van der Waals surface area contributed by atoms with Crippen molar-refractivity contribution in [3.63, 3.8) is 0 Å². The molecule has 2 amide bonds. The van der Waals surface area contributed by atoms with Crippen LogP contribution in [0, 0.1) is 5.92 Å². The summed E-state index contributed by atoms with van der Waals surface area (Å²) in [5.41, 5.74) is 4.18. The van der Waals surface area contributed by atoms with Gasteiger partial charge in [-0.1, -0.05) is 24.3 Å². The molecule has 4 aromatic rings. The van der Waals surface area contributed by atoms with E-state index in [9.17, 15) is 9.59 Å². The van der Waals surface area contributed by atoms with Crippen LogP contribution in [0.25, 0.3) is 16.9 Å². The molecule has 0 aliphatic heterocycles. The lowest BCUT2D eigenvalue weighted by molar-refractivity contribution is -0.117. The van der Waals surface area contributed by atoms with Crippen molar-refractivity contribution in [1.29, 1.82) is 0 Å². The van der Waals surface area contributed by atoms with Gasteiger partial charge in [0.15, 0.2) is 5.65 Å². The molecule has 3 aromatic heterocycles. The van der Waals surface area contributed by atoms with E-state index < -0.39 is 0 Å². The van der Waals surface area contributed by atoms with Crippen LogP contribution in [0.15, 0.2) is 67.0 Å². The molecule has 0 spiro atoms. The molecule has 1 N–H and O–H groups in total. The first kappa shape index (κ1) is 19.9. The Morgan fingerprint density at radius 2 is 1.91 bits per heavy atom. The van der Waals surface area contributed by atoms with Crippen molar-refractivity contribution >= 4 is 29.1 Å². The number of hydrogen-bond acceptors (Lipinski definition) is 5. The van der Waals surface area contributed by atoms with Crippen LogP contribution in [0.4, 0.5) is 11.6 Å². The number of aromatic nitrogens is 4. The Hall–Kier alpha value is -4.07. The average molecular weight is 426 g/mol. The fourth-order valence-electron chi connectivity index (χ4n) is 3.61. The van der Waals surface area contributed by atoms with Gasteiger partial charge in [-0.25, -0.2) is 4.52 Å². The van der Waals surface area contributed by atoms with Gasteiger partial charge in [-0.05, 0) is 48.7 Å². The molecule has 1 aliphatic carbocycles. The van der Waals surface area contributed by atoms with Gasteiger partial charge in [-0.3, -0.25) is 19.9 Å². The Balaban J connectivity index is 1.42. The van der Waals surface area contributed by atoms with E-state index in [2.05, 4.69) is 20.4 Å². The van der Waals surface area contributed by atoms with Crippen molar-refractivity contribution in [1.82, 2.24) is 19.6 Å². The van der Waals surface area contributed by atoms with Crippen LogP contribution in [0.3, 0.4) is 0 Å². The van der Waals surface area contributed by atoms with E-state index >= 15 is 0 Å². The molecule has 0 atom stereocenters. The normalized spacial score (nSPS) is 13.2. The summed E-state index contributed by atoms with van der Waals surface area (Å²) < 4.78 is 1.72. The standard InChI is InChI=1S/C24H22N6O2/c1-16(31)29(15-17-4-3-13-25-14-17)20-11-9-18(10-12-20)21-5-2-6-22-26-24(28-30(21)22)27-23(32)19-7-8-19/h2-6,9-14,19H,7-8,15H2,1H3,(H,27,28,32). The minimum absolute atomic E-state index is 0.0234. The number of benzene rings is 1. The van der Waals surface area contributed by atoms with E-state index in [0.29, 0.717) is 18.1 Å². The third kappa shape index (κ3) is 4.07. The zero-order chi connectivity index (χ0) is 22.1. The van der Waals surface area contributed by atoms with Crippen molar-refractivity contribution < 1.29 is 9.59 Å². The van der Waals surface area contributed by atoms with E-state index in [0.717, 1.165) is 35.3 Å². The van der Waals surface area contributed by atoms with Crippen molar-refractivity contribution in [2.24, 2.45) is 5.92 Å². The van der Waals surface area contributed by atoms with E-state index in [1.165, 1.54) is 0 Å². The Morgan fingerprint density at radius 1 is 1.09 bits per heavy atom. The van der Waals surface area contributed by atoms with Crippen LogP contribution in [0.1, 0.15) is 25.3 Å². The maximum atomic E-state index is 12.3. The molecule has 32 heavy (non-hydrogen) atoms. The molecule has 0 bridgehead atoms. The molecular formula is C24H22N6O2. The molecule has 8 heteroatoms. The topological polar surface area (TPSA) is 92.5 Å². The highest BCUT2D eigenvalue weighted by molar-refractivity contribution is 5.93. The van der Waals surface area contributed by atoms with Crippen molar-refractivity contribution in [2.75, 3.05) is 10.2 Å². The fraction of sp³-hybridized carbons (Fsp3) is 0.208. The maximum absolute atomic E-state index is 12.3. The molecule has 1 fully saturated rings. The molecule has 8 nitrogen and oxygen atoms in total. The lowest BCUT2D eigenvalue weighted by Gasteiger charge is -2.21. The molecule has 1 aliphatic rings. The number of pyridine rings is 2. The van der Waals surface area contributed by atoms with E-state index in [1.807, 2.05) is 54.6 Å². The lowest BCUT2D eigenvalue weighted by Crippen LogP contribution is -2.27. The second kappa shape index (κ2) is 8.22. The molecular weight excluding hydrogens is 404 g/mol. The van der Waals surface area contributed by atoms with Crippen LogP contribution in [0.2, 0.25) is 0 Å². The van der Waals surface area contributed by atoms with E-state index in [4.69, 9.17) is 0 Å². The van der Waals surface area contributed by atoms with Gasteiger partial charge in [0, 0.05) is 36.5 Å². The van der Waals surface area contributed by atoms with Crippen molar-refractivity contribution in [2.45, 2.75) is 26.3 Å². The molecule has 0 unspecified atom stereocenters. The monoisotopic (exact) mass is 426 g/mol. The van der Waals surface area contributed by atoms with Crippen LogP contribution in [0.5, 0.6) is 0 Å². The summed E-state index contributed by atoms with van der Waals surface area (Å²) in [6.07, 6.45) is 5.32. The largest absolute Gasteiger partial charge is 0.308 e. The summed E-state index contributed by atoms with van der Waals surface area (Å²) in [5.74, 6) is 0.329. The minimum Gasteiger partial charge on any atom is -0.308 e. The SMILES string of the molecule is CC(=O)N(Cc1cccnc1)c1ccc(-c2cccc3nc(NC(=O)C4CC4)nn23)cc1. The maximum Gasteiger partial charge on any atom is 0.249 e. The molecule has 0 saturated heterocycles. The average Bonchev–Trinajstić information content (AvgIpc) is 3.58. The van der Waals surface area contributed by atoms with Gasteiger partial charge in [0.05, 0.1) is 12.2 Å². The highest BCUT2D eigenvalue weighted by atomic mass is 16.2. The molecule has 1 aromatic carbocycles. The van der Waals surface area contributed by atoms with Crippen LogP contribution < -0.4 is 10.2 Å². The first-order valence-electron chi connectivity index (χ1n) is 10.5. The van der Waals surface area contributed by atoms with Gasteiger partial charge < -0.3 is 4.90 Å². The summed E-state index contributed by atoms with van der Waals surface area (Å²) >= 11 is 0. The van der Waals surface area contributed by atoms with E-state index in [-0.39, 0.29) is 17.7 Å². The quantitative estimate of drug-likeness (QED) is 0.508. The molecule has 3 heterocycles. The zero-order valence-electron chi connectivity index (χ0n) is 17.6. The van der Waals surface area contributed by atoms with Gasteiger partial charge in [-0.2, -0.15) is 4.98 Å². The van der Waals surface area contributed by atoms with Crippen LogP contribution in [-0.4, -0.2) is 31.4 Å². The van der Waals surface area contributed by atoms with Crippen LogP contribution >= 0.6 is 0 Å². The molecule has 0 radical (unpaired) electrons. The number of nitrogens with one attached hydrogen (secondary N) is 1. The van der Waals surface area contributed by atoms with Gasteiger partial charge in [-0.15, -0.1) is 5.10 Å². The second-order valence-electron chi connectivity index (χ2n) is 7.89. The smallest absolute Gasteiger partial charge is 0.249 e. The number of rotatable bonds is 6. The Morgan fingerprint density at radius 3 is 2.59 bits per heavy atom. The minimum atomic E-state index is -0.0453. The number of carbonyl (C=O) groups excluding carboxylic acids is 2. The van der Waals surface area contributed by atoms with Gasteiger partial charge in [0.2, 0.25) is 17.8 Å². The molecule has 1 saturated carbocycles. The third-order valence-corrected chi connectivity index (χ3v) is 5.46. The predicted molar refractivity (Wildman–Crippen MR) is 121 cm³/mol. The zero-order valence-corrected chi connectivity index (χ0v) is 17.6. The number of amides is 2. The van der Waals surface area contributed by atoms with Gasteiger partial charge >= 0.3 is 0 Å². The Bertz CT molecular complexity index is 1280. The summed E-state index contributed by atoms with van der Waals surface area (Å²) in [7, 11) is 0. The fourth-order valence-corrected chi connectivity index (χ4v) is 3.61. The van der Waals surface area contributed by atoms with Crippen LogP contribution in [-0.2, 0) is 16.1 Å². The Kier molecular flexibility index (Phi) is 5.10. The second-order valence-corrected chi connectivity index (χ2v) is 7.89. The lowest BCUT2D eigenvalue weighted by atomic mass is 10.1. The first-order valence-corrected chi connectivity index (χ1v) is 10.5. The number of carbonyl (C=O) groups is 2. The number of nitrogens with zero attached hydrogens (tertiary/aromatic N) is 5. The summed E-state index contributed by atoms with van der Waals surface area (Å²) in [6, 6.07) is 17.2. The number of anilines is 2. The van der Waals surface area contributed by atoms with Crippen molar-refractivity contribution in [3.8, 4) is 11.3 Å². The third-order valence-electron chi connectivity index (χ3n) is 5.46. The summed E-state index contributed by atoms with van der Waals surface area (Å²) in [5, 5.41) is 7.28. The highest BCUT2D eigenvalue weighted by Crippen LogP contribution is 2.30. The number of hydrogen-bond donors (Lipinski definition) is 1. The number of fused-ring (bicyclic) bond motifs is 1. The van der Waals surface area contributed by atoms with Crippen molar-refractivity contribution in [3.05, 3.63) is 72.6 Å². The highest BCUT2D eigenvalue weighted by Gasteiger charge is 2.30.